The summed E-state index contributed by atoms with van der Waals surface area (Å²) in [6.07, 6.45) is 5.54. The first-order valence-corrected chi connectivity index (χ1v) is 7.71. The molecule has 0 spiro atoms. The predicted octanol–water partition coefficient (Wildman–Crippen LogP) is 2.87. The van der Waals surface area contributed by atoms with Gasteiger partial charge in [0.25, 0.3) is 0 Å². The van der Waals surface area contributed by atoms with Gasteiger partial charge < -0.3 is 11.5 Å². The Morgan fingerprint density at radius 3 is 2.80 bits per heavy atom. The Morgan fingerprint density at radius 1 is 1.30 bits per heavy atom. The normalized spacial score (nSPS) is 17.9. The number of nitrogens with two attached hydrogens (primary N) is 2. The van der Waals surface area contributed by atoms with Gasteiger partial charge in [-0.05, 0) is 42.5 Å². The van der Waals surface area contributed by atoms with Gasteiger partial charge in [0, 0.05) is 18.8 Å². The van der Waals surface area contributed by atoms with Crippen molar-refractivity contribution >= 4 is 5.69 Å². The molecular formula is C17H27N3. The topological polar surface area (TPSA) is 55.3 Å². The Hall–Kier alpha value is -1.32. The van der Waals surface area contributed by atoms with Gasteiger partial charge in [0.05, 0.1) is 6.04 Å². The van der Waals surface area contributed by atoms with Crippen LogP contribution in [0, 0.1) is 0 Å². The van der Waals surface area contributed by atoms with Gasteiger partial charge in [-0.25, -0.2) is 0 Å². The molecule has 0 saturated carbocycles. The molecule has 1 unspecified atom stereocenters. The molecule has 0 aromatic heterocycles. The lowest BCUT2D eigenvalue weighted by atomic mass is 9.92. The molecular weight excluding hydrogens is 246 g/mol. The maximum absolute atomic E-state index is 6.48. The molecule has 0 radical (unpaired) electrons. The largest absolute Gasteiger partial charge is 0.398 e. The molecule has 0 aliphatic carbocycles. The van der Waals surface area contributed by atoms with Gasteiger partial charge in [0.2, 0.25) is 0 Å². The highest BCUT2D eigenvalue weighted by Crippen LogP contribution is 2.29. The molecule has 20 heavy (non-hydrogen) atoms. The van der Waals surface area contributed by atoms with Gasteiger partial charge in [-0.3, -0.25) is 4.90 Å². The molecule has 0 bridgehead atoms. The lowest BCUT2D eigenvalue weighted by Crippen LogP contribution is -2.34. The molecule has 0 amide bonds. The van der Waals surface area contributed by atoms with E-state index in [0.29, 0.717) is 0 Å². The van der Waals surface area contributed by atoms with Crippen LogP contribution in [0.4, 0.5) is 5.69 Å². The fourth-order valence-electron chi connectivity index (χ4n) is 2.98. The summed E-state index contributed by atoms with van der Waals surface area (Å²) in [5.41, 5.74) is 17.2. The summed E-state index contributed by atoms with van der Waals surface area (Å²) >= 11 is 0. The minimum atomic E-state index is -0.0684. The Kier molecular flexibility index (Phi) is 5.21. The van der Waals surface area contributed by atoms with Gasteiger partial charge in [0.1, 0.15) is 0 Å². The molecule has 1 aliphatic heterocycles. The maximum Gasteiger partial charge on any atom is 0.0544 e. The third kappa shape index (κ3) is 3.22. The van der Waals surface area contributed by atoms with Crippen molar-refractivity contribution < 1.29 is 0 Å². The SMILES string of the molecule is CCCN1CCC=C(C(N)c2cccc(CC)c2N)C1. The van der Waals surface area contributed by atoms with Crippen LogP contribution >= 0.6 is 0 Å². The van der Waals surface area contributed by atoms with Crippen molar-refractivity contribution in [1.82, 2.24) is 4.90 Å². The van der Waals surface area contributed by atoms with Crippen molar-refractivity contribution in [3.63, 3.8) is 0 Å². The summed E-state index contributed by atoms with van der Waals surface area (Å²) in [7, 11) is 0. The third-order valence-corrected chi connectivity index (χ3v) is 4.14. The molecule has 1 atom stereocenters. The highest BCUT2D eigenvalue weighted by Gasteiger charge is 2.20. The van der Waals surface area contributed by atoms with E-state index in [0.717, 1.165) is 43.7 Å². The lowest BCUT2D eigenvalue weighted by molar-refractivity contribution is 0.285. The Labute approximate surface area is 122 Å². The second-order valence-electron chi connectivity index (χ2n) is 5.60. The molecule has 3 heteroatoms. The van der Waals surface area contributed by atoms with Crippen LogP contribution in [0.1, 0.15) is 43.9 Å². The van der Waals surface area contributed by atoms with E-state index in [-0.39, 0.29) is 6.04 Å². The fraction of sp³-hybridized carbons (Fsp3) is 0.529. The van der Waals surface area contributed by atoms with Crippen LogP contribution in [0.25, 0.3) is 0 Å². The zero-order valence-corrected chi connectivity index (χ0v) is 12.7. The van der Waals surface area contributed by atoms with Crippen LogP contribution in [0.2, 0.25) is 0 Å². The molecule has 4 N–H and O–H groups in total. The first kappa shape index (κ1) is 15.1. The van der Waals surface area contributed by atoms with E-state index in [9.17, 15) is 0 Å². The summed E-state index contributed by atoms with van der Waals surface area (Å²) in [6.45, 7) is 7.62. The summed E-state index contributed by atoms with van der Waals surface area (Å²) in [4.78, 5) is 2.48. The Morgan fingerprint density at radius 2 is 2.10 bits per heavy atom. The van der Waals surface area contributed by atoms with Crippen molar-refractivity contribution in [2.45, 2.75) is 39.2 Å². The Bertz CT molecular complexity index is 479. The standard InChI is InChI=1S/C17H27N3/c1-3-10-20-11-6-8-14(12-20)17(19)15-9-5-7-13(4-2)16(15)18/h5,7-9,17H,3-4,6,10-12,18-19H2,1-2H3. The van der Waals surface area contributed by atoms with Crippen LogP contribution in [-0.2, 0) is 6.42 Å². The maximum atomic E-state index is 6.48. The summed E-state index contributed by atoms with van der Waals surface area (Å²) in [6, 6.07) is 6.15. The van der Waals surface area contributed by atoms with Crippen molar-refractivity contribution in [1.29, 1.82) is 0 Å². The fourth-order valence-corrected chi connectivity index (χ4v) is 2.98. The smallest absolute Gasteiger partial charge is 0.0544 e. The van der Waals surface area contributed by atoms with E-state index in [2.05, 4.69) is 43.0 Å². The van der Waals surface area contributed by atoms with Crippen molar-refractivity contribution in [3.05, 3.63) is 41.0 Å². The van der Waals surface area contributed by atoms with Gasteiger partial charge in [0.15, 0.2) is 0 Å². The first-order valence-electron chi connectivity index (χ1n) is 7.71. The lowest BCUT2D eigenvalue weighted by Gasteiger charge is -2.30. The Balaban J connectivity index is 2.19. The van der Waals surface area contributed by atoms with Gasteiger partial charge in [-0.1, -0.05) is 38.1 Å². The number of hydrogen-bond donors (Lipinski definition) is 2. The quantitative estimate of drug-likeness (QED) is 0.640. The predicted molar refractivity (Wildman–Crippen MR) is 86.6 cm³/mol. The van der Waals surface area contributed by atoms with Gasteiger partial charge >= 0.3 is 0 Å². The van der Waals surface area contributed by atoms with Crippen molar-refractivity contribution in [2.75, 3.05) is 25.4 Å². The van der Waals surface area contributed by atoms with Crippen LogP contribution in [-0.4, -0.2) is 24.5 Å². The van der Waals surface area contributed by atoms with Gasteiger partial charge in [-0.2, -0.15) is 0 Å². The average Bonchev–Trinajstić information content (AvgIpc) is 2.47. The first-order chi connectivity index (χ1) is 9.67. The number of hydrogen-bond acceptors (Lipinski definition) is 3. The van der Waals surface area contributed by atoms with Crippen molar-refractivity contribution in [3.8, 4) is 0 Å². The third-order valence-electron chi connectivity index (χ3n) is 4.14. The molecule has 1 aliphatic rings. The molecule has 110 valence electrons. The molecule has 0 fully saturated rings. The minimum Gasteiger partial charge on any atom is -0.398 e. The average molecular weight is 273 g/mol. The van der Waals surface area contributed by atoms with E-state index in [1.165, 1.54) is 17.6 Å². The molecule has 2 rings (SSSR count). The number of nitrogen functional groups attached to an aromatic ring is 1. The molecule has 3 nitrogen and oxygen atoms in total. The van der Waals surface area contributed by atoms with Gasteiger partial charge in [-0.15, -0.1) is 0 Å². The second kappa shape index (κ2) is 6.91. The van der Waals surface area contributed by atoms with Crippen LogP contribution in [0.3, 0.4) is 0 Å². The van der Waals surface area contributed by atoms with E-state index in [4.69, 9.17) is 11.5 Å². The molecule has 0 saturated heterocycles. The number of anilines is 1. The zero-order chi connectivity index (χ0) is 14.5. The number of para-hydroxylation sites is 1. The van der Waals surface area contributed by atoms with Crippen molar-refractivity contribution in [2.24, 2.45) is 5.73 Å². The van der Waals surface area contributed by atoms with Crippen LogP contribution < -0.4 is 11.5 Å². The number of aryl methyl sites for hydroxylation is 1. The number of rotatable bonds is 5. The summed E-state index contributed by atoms with van der Waals surface area (Å²) < 4.78 is 0. The van der Waals surface area contributed by atoms with Crippen LogP contribution in [0.15, 0.2) is 29.8 Å². The highest BCUT2D eigenvalue weighted by atomic mass is 15.1. The monoisotopic (exact) mass is 273 g/mol. The van der Waals surface area contributed by atoms with E-state index < -0.39 is 0 Å². The summed E-state index contributed by atoms with van der Waals surface area (Å²) in [5.74, 6) is 0. The summed E-state index contributed by atoms with van der Waals surface area (Å²) in [5, 5.41) is 0. The minimum absolute atomic E-state index is 0.0684. The molecule has 1 aromatic rings. The molecule has 1 aromatic carbocycles. The highest BCUT2D eigenvalue weighted by molar-refractivity contribution is 5.56. The van der Waals surface area contributed by atoms with Crippen LogP contribution in [0.5, 0.6) is 0 Å². The second-order valence-corrected chi connectivity index (χ2v) is 5.60. The van der Waals surface area contributed by atoms with E-state index in [1.807, 2.05) is 0 Å². The zero-order valence-electron chi connectivity index (χ0n) is 12.7. The number of nitrogens with zero attached hydrogens (tertiary/aromatic N) is 1. The molecule has 1 heterocycles. The van der Waals surface area contributed by atoms with E-state index >= 15 is 0 Å². The van der Waals surface area contributed by atoms with E-state index in [1.54, 1.807) is 0 Å². The number of benzene rings is 1.